The number of ether oxygens (including phenoxy) is 1. The molecule has 2 rings (SSSR count). The molecule has 3 heteroatoms. The summed E-state index contributed by atoms with van der Waals surface area (Å²) in [4.78, 5) is 1.27. The Morgan fingerprint density at radius 1 is 1.30 bits per heavy atom. The molecule has 1 aliphatic carbocycles. The molecule has 0 heterocycles. The molecule has 0 spiro atoms. The van der Waals surface area contributed by atoms with Crippen LogP contribution in [0.5, 0.6) is 5.75 Å². The van der Waals surface area contributed by atoms with E-state index in [2.05, 4.69) is 32.0 Å². The maximum absolute atomic E-state index is 6.30. The molecule has 1 aromatic rings. The molecule has 2 unspecified atom stereocenters. The van der Waals surface area contributed by atoms with Crippen molar-refractivity contribution in [1.29, 1.82) is 0 Å². The molecule has 0 aliphatic heterocycles. The number of thioether (sulfide) groups is 1. The highest BCUT2D eigenvalue weighted by Gasteiger charge is 2.23. The van der Waals surface area contributed by atoms with Gasteiger partial charge in [0.2, 0.25) is 0 Å². The Bertz CT molecular complexity index is 421. The van der Waals surface area contributed by atoms with Gasteiger partial charge in [0, 0.05) is 17.0 Å². The molecule has 0 aromatic heterocycles. The SMILES string of the molecule is CCSc1cccc(OC2CCCC(CC)C2)c1CN. The fourth-order valence-corrected chi connectivity index (χ4v) is 3.89. The van der Waals surface area contributed by atoms with Crippen molar-refractivity contribution in [3.63, 3.8) is 0 Å². The first kappa shape index (κ1) is 15.7. The van der Waals surface area contributed by atoms with E-state index in [-0.39, 0.29) is 0 Å². The zero-order valence-corrected chi connectivity index (χ0v) is 13.5. The summed E-state index contributed by atoms with van der Waals surface area (Å²) in [6, 6.07) is 6.32. The van der Waals surface area contributed by atoms with Gasteiger partial charge in [-0.15, -0.1) is 11.8 Å². The van der Waals surface area contributed by atoms with Crippen LogP contribution < -0.4 is 10.5 Å². The summed E-state index contributed by atoms with van der Waals surface area (Å²) in [5.41, 5.74) is 7.13. The predicted molar refractivity (Wildman–Crippen MR) is 87.4 cm³/mol. The minimum absolute atomic E-state index is 0.376. The van der Waals surface area contributed by atoms with Gasteiger partial charge in [-0.05, 0) is 43.1 Å². The van der Waals surface area contributed by atoms with Gasteiger partial charge >= 0.3 is 0 Å². The molecule has 20 heavy (non-hydrogen) atoms. The fraction of sp³-hybridized carbons (Fsp3) is 0.647. The minimum Gasteiger partial charge on any atom is -0.490 e. The first-order valence-electron chi connectivity index (χ1n) is 7.89. The van der Waals surface area contributed by atoms with Crippen LogP contribution in [-0.4, -0.2) is 11.9 Å². The van der Waals surface area contributed by atoms with E-state index in [0.29, 0.717) is 12.6 Å². The van der Waals surface area contributed by atoms with Gasteiger partial charge in [0.25, 0.3) is 0 Å². The van der Waals surface area contributed by atoms with Crippen LogP contribution in [0.1, 0.15) is 51.5 Å². The van der Waals surface area contributed by atoms with E-state index < -0.39 is 0 Å². The molecular formula is C17H27NOS. The molecule has 0 amide bonds. The van der Waals surface area contributed by atoms with Crippen molar-refractivity contribution in [2.24, 2.45) is 11.7 Å². The van der Waals surface area contributed by atoms with Crippen LogP contribution in [0.25, 0.3) is 0 Å². The van der Waals surface area contributed by atoms with E-state index in [0.717, 1.165) is 17.4 Å². The highest BCUT2D eigenvalue weighted by Crippen LogP contribution is 2.34. The van der Waals surface area contributed by atoms with Gasteiger partial charge in [-0.2, -0.15) is 0 Å². The monoisotopic (exact) mass is 293 g/mol. The fourth-order valence-electron chi connectivity index (χ4n) is 3.05. The van der Waals surface area contributed by atoms with Gasteiger partial charge in [0.05, 0.1) is 6.10 Å². The van der Waals surface area contributed by atoms with Crippen LogP contribution in [0.15, 0.2) is 23.1 Å². The standard InChI is InChI=1S/C17H27NOS/c1-3-13-7-5-8-14(11-13)19-16-9-6-10-17(20-4-2)15(16)12-18/h6,9-10,13-14H,3-5,7-8,11-12,18H2,1-2H3. The summed E-state index contributed by atoms with van der Waals surface area (Å²) in [5, 5.41) is 0. The van der Waals surface area contributed by atoms with Gasteiger partial charge in [-0.1, -0.05) is 32.8 Å². The molecule has 2 N–H and O–H groups in total. The number of hydrogen-bond acceptors (Lipinski definition) is 3. The van der Waals surface area contributed by atoms with Gasteiger partial charge in [0.15, 0.2) is 0 Å². The second-order valence-electron chi connectivity index (χ2n) is 5.55. The maximum atomic E-state index is 6.30. The zero-order chi connectivity index (χ0) is 14.4. The summed E-state index contributed by atoms with van der Waals surface area (Å²) in [7, 11) is 0. The van der Waals surface area contributed by atoms with Crippen molar-refractivity contribution in [2.45, 2.75) is 63.5 Å². The summed E-state index contributed by atoms with van der Waals surface area (Å²) in [6.07, 6.45) is 6.70. The summed E-state index contributed by atoms with van der Waals surface area (Å²) in [6.45, 7) is 5.02. The van der Waals surface area contributed by atoms with Crippen molar-refractivity contribution in [1.82, 2.24) is 0 Å². The van der Waals surface area contributed by atoms with Gasteiger partial charge < -0.3 is 10.5 Å². The molecule has 2 atom stereocenters. The first-order chi connectivity index (χ1) is 9.78. The Labute approximate surface area is 127 Å². The molecular weight excluding hydrogens is 266 g/mol. The normalized spacial score (nSPS) is 22.8. The van der Waals surface area contributed by atoms with Crippen LogP contribution in [0, 0.1) is 5.92 Å². The Morgan fingerprint density at radius 2 is 2.15 bits per heavy atom. The van der Waals surface area contributed by atoms with Crippen molar-refractivity contribution >= 4 is 11.8 Å². The lowest BCUT2D eigenvalue weighted by molar-refractivity contribution is 0.120. The number of rotatable bonds is 6. The molecule has 2 nitrogen and oxygen atoms in total. The number of hydrogen-bond donors (Lipinski definition) is 1. The molecule has 112 valence electrons. The Balaban J connectivity index is 2.10. The number of benzene rings is 1. The van der Waals surface area contributed by atoms with E-state index in [9.17, 15) is 0 Å². The quantitative estimate of drug-likeness (QED) is 0.778. The third-order valence-electron chi connectivity index (χ3n) is 4.20. The Kier molecular flexibility index (Phi) is 6.24. The van der Waals surface area contributed by atoms with Crippen LogP contribution in [-0.2, 0) is 6.54 Å². The van der Waals surface area contributed by atoms with Gasteiger partial charge in [-0.25, -0.2) is 0 Å². The van der Waals surface area contributed by atoms with Crippen molar-refractivity contribution < 1.29 is 4.74 Å². The van der Waals surface area contributed by atoms with Gasteiger partial charge in [0.1, 0.15) is 5.75 Å². The largest absolute Gasteiger partial charge is 0.490 e. The minimum atomic E-state index is 0.376. The van der Waals surface area contributed by atoms with E-state index >= 15 is 0 Å². The Morgan fingerprint density at radius 3 is 2.85 bits per heavy atom. The van der Waals surface area contributed by atoms with Gasteiger partial charge in [-0.3, -0.25) is 0 Å². The summed E-state index contributed by atoms with van der Waals surface area (Å²) in [5.74, 6) is 2.91. The van der Waals surface area contributed by atoms with E-state index in [1.807, 2.05) is 11.8 Å². The maximum Gasteiger partial charge on any atom is 0.125 e. The van der Waals surface area contributed by atoms with Crippen LogP contribution in [0.4, 0.5) is 0 Å². The van der Waals surface area contributed by atoms with E-state index in [4.69, 9.17) is 10.5 Å². The molecule has 0 saturated heterocycles. The highest BCUT2D eigenvalue weighted by atomic mass is 32.2. The van der Waals surface area contributed by atoms with Crippen molar-refractivity contribution in [3.8, 4) is 5.75 Å². The summed E-state index contributed by atoms with van der Waals surface area (Å²) >= 11 is 1.85. The molecule has 0 bridgehead atoms. The number of nitrogens with two attached hydrogens (primary N) is 1. The lowest BCUT2D eigenvalue weighted by Crippen LogP contribution is -2.25. The topological polar surface area (TPSA) is 35.2 Å². The Hall–Kier alpha value is -0.670. The lowest BCUT2D eigenvalue weighted by Gasteiger charge is -2.29. The highest BCUT2D eigenvalue weighted by molar-refractivity contribution is 7.99. The third-order valence-corrected chi connectivity index (χ3v) is 5.18. The average Bonchev–Trinajstić information content (AvgIpc) is 2.48. The zero-order valence-electron chi connectivity index (χ0n) is 12.7. The van der Waals surface area contributed by atoms with Crippen LogP contribution in [0.3, 0.4) is 0 Å². The molecule has 0 radical (unpaired) electrons. The summed E-state index contributed by atoms with van der Waals surface area (Å²) < 4.78 is 6.30. The molecule has 1 aliphatic rings. The van der Waals surface area contributed by atoms with E-state index in [1.165, 1.54) is 42.6 Å². The second kappa shape index (κ2) is 7.94. The predicted octanol–water partition coefficient (Wildman–Crippen LogP) is 4.60. The van der Waals surface area contributed by atoms with Crippen LogP contribution >= 0.6 is 11.8 Å². The molecule has 1 saturated carbocycles. The third kappa shape index (κ3) is 3.92. The van der Waals surface area contributed by atoms with Crippen LogP contribution in [0.2, 0.25) is 0 Å². The molecule has 1 aromatic carbocycles. The van der Waals surface area contributed by atoms with Crippen molar-refractivity contribution in [3.05, 3.63) is 23.8 Å². The smallest absolute Gasteiger partial charge is 0.125 e. The first-order valence-corrected chi connectivity index (χ1v) is 8.88. The second-order valence-corrected chi connectivity index (χ2v) is 6.86. The molecule has 1 fully saturated rings. The van der Waals surface area contributed by atoms with Crippen molar-refractivity contribution in [2.75, 3.05) is 5.75 Å². The average molecular weight is 293 g/mol. The van der Waals surface area contributed by atoms with E-state index in [1.54, 1.807) is 0 Å². The lowest BCUT2D eigenvalue weighted by atomic mass is 9.85.